The second-order valence-electron chi connectivity index (χ2n) is 4.75. The largest absolute Gasteiger partial charge is 0.381 e. The zero-order valence-electron chi connectivity index (χ0n) is 10.5. The summed E-state index contributed by atoms with van der Waals surface area (Å²) in [6, 6.07) is 0. The van der Waals surface area contributed by atoms with Crippen LogP contribution >= 0.6 is 22.9 Å². The van der Waals surface area contributed by atoms with Gasteiger partial charge in [-0.1, -0.05) is 11.6 Å². The number of fused-ring (bicyclic) bond motifs is 1. The van der Waals surface area contributed by atoms with Crippen LogP contribution in [-0.2, 0) is 4.74 Å². The number of nitrogens with zero attached hydrogens (tertiary/aromatic N) is 2. The van der Waals surface area contributed by atoms with E-state index in [1.165, 1.54) is 10.4 Å². The number of hydrogen-bond acceptors (Lipinski definition) is 4. The van der Waals surface area contributed by atoms with Gasteiger partial charge in [0, 0.05) is 17.4 Å². The van der Waals surface area contributed by atoms with Crippen molar-refractivity contribution < 1.29 is 4.74 Å². The highest BCUT2D eigenvalue weighted by Gasteiger charge is 2.21. The van der Waals surface area contributed by atoms with Crippen LogP contribution in [0.1, 0.15) is 35.0 Å². The molecule has 5 heteroatoms. The molecule has 2 aromatic rings. The van der Waals surface area contributed by atoms with Crippen LogP contribution in [0.5, 0.6) is 0 Å². The van der Waals surface area contributed by atoms with Gasteiger partial charge in [-0.3, -0.25) is 0 Å². The molecular formula is C13H15ClN2OS. The molecule has 96 valence electrons. The van der Waals surface area contributed by atoms with Crippen LogP contribution in [0.3, 0.4) is 0 Å². The van der Waals surface area contributed by atoms with Crippen LogP contribution in [0.4, 0.5) is 0 Å². The molecule has 2 aromatic heterocycles. The second-order valence-corrected chi connectivity index (χ2v) is 6.31. The minimum atomic E-state index is 0.295. The SMILES string of the molecule is Cc1sc2nc(C3CCCOC3)nc(Cl)c2c1C. The van der Waals surface area contributed by atoms with Crippen molar-refractivity contribution in [1.82, 2.24) is 9.97 Å². The molecule has 1 fully saturated rings. The smallest absolute Gasteiger partial charge is 0.141 e. The van der Waals surface area contributed by atoms with Gasteiger partial charge in [-0.2, -0.15) is 0 Å². The summed E-state index contributed by atoms with van der Waals surface area (Å²) in [5.74, 6) is 1.14. The Morgan fingerprint density at radius 2 is 2.17 bits per heavy atom. The van der Waals surface area contributed by atoms with E-state index < -0.39 is 0 Å². The molecule has 0 radical (unpaired) electrons. The Morgan fingerprint density at radius 1 is 1.33 bits per heavy atom. The van der Waals surface area contributed by atoms with Crippen molar-refractivity contribution in [3.63, 3.8) is 0 Å². The van der Waals surface area contributed by atoms with Gasteiger partial charge >= 0.3 is 0 Å². The lowest BCUT2D eigenvalue weighted by Crippen LogP contribution is -2.17. The predicted octanol–water partition coefficient (Wildman–Crippen LogP) is 3.86. The quantitative estimate of drug-likeness (QED) is 0.745. The maximum absolute atomic E-state index is 6.31. The topological polar surface area (TPSA) is 35.0 Å². The maximum Gasteiger partial charge on any atom is 0.141 e. The van der Waals surface area contributed by atoms with E-state index in [0.717, 1.165) is 35.5 Å². The van der Waals surface area contributed by atoms with E-state index in [4.69, 9.17) is 16.3 Å². The van der Waals surface area contributed by atoms with Crippen molar-refractivity contribution in [2.45, 2.75) is 32.6 Å². The summed E-state index contributed by atoms with van der Waals surface area (Å²) in [5, 5.41) is 1.60. The molecule has 1 aliphatic rings. The van der Waals surface area contributed by atoms with Crippen molar-refractivity contribution in [2.24, 2.45) is 0 Å². The van der Waals surface area contributed by atoms with E-state index >= 15 is 0 Å². The van der Waals surface area contributed by atoms with Crippen LogP contribution in [-0.4, -0.2) is 23.2 Å². The van der Waals surface area contributed by atoms with Crippen LogP contribution in [0.25, 0.3) is 10.2 Å². The van der Waals surface area contributed by atoms with Gasteiger partial charge in [0.25, 0.3) is 0 Å². The molecule has 0 amide bonds. The maximum atomic E-state index is 6.31. The summed E-state index contributed by atoms with van der Waals surface area (Å²) in [5.41, 5.74) is 1.20. The number of aryl methyl sites for hydroxylation is 2. The van der Waals surface area contributed by atoms with E-state index in [1.54, 1.807) is 11.3 Å². The Hall–Kier alpha value is -0.710. The Bertz CT molecular complexity index is 590. The normalized spacial score (nSPS) is 20.5. The number of ether oxygens (including phenoxy) is 1. The molecule has 0 aliphatic carbocycles. The lowest BCUT2D eigenvalue weighted by molar-refractivity contribution is 0.0782. The lowest BCUT2D eigenvalue weighted by Gasteiger charge is -2.20. The van der Waals surface area contributed by atoms with Gasteiger partial charge < -0.3 is 4.74 Å². The standard InChI is InChI=1S/C13H15ClN2OS/c1-7-8(2)18-13-10(7)11(14)15-12(16-13)9-4-3-5-17-6-9/h9H,3-6H2,1-2H3. The van der Waals surface area contributed by atoms with E-state index in [0.29, 0.717) is 17.7 Å². The van der Waals surface area contributed by atoms with Gasteiger partial charge in [-0.15, -0.1) is 11.3 Å². The fourth-order valence-electron chi connectivity index (χ4n) is 2.34. The van der Waals surface area contributed by atoms with E-state index in [2.05, 4.69) is 23.8 Å². The Kier molecular flexibility index (Phi) is 3.26. The first-order valence-electron chi connectivity index (χ1n) is 6.17. The molecule has 3 nitrogen and oxygen atoms in total. The Labute approximate surface area is 115 Å². The first-order valence-corrected chi connectivity index (χ1v) is 7.37. The number of thiophene rings is 1. The molecule has 0 bridgehead atoms. The highest BCUT2D eigenvalue weighted by molar-refractivity contribution is 7.18. The van der Waals surface area contributed by atoms with Crippen LogP contribution < -0.4 is 0 Å². The van der Waals surface area contributed by atoms with Crippen molar-refractivity contribution >= 4 is 33.2 Å². The van der Waals surface area contributed by atoms with Crippen LogP contribution in [0.15, 0.2) is 0 Å². The Balaban J connectivity index is 2.09. The highest BCUT2D eigenvalue weighted by Crippen LogP contribution is 2.34. The van der Waals surface area contributed by atoms with Gasteiger partial charge in [-0.05, 0) is 32.3 Å². The zero-order valence-corrected chi connectivity index (χ0v) is 12.1. The molecule has 1 aliphatic heterocycles. The van der Waals surface area contributed by atoms with Crippen LogP contribution in [0.2, 0.25) is 5.15 Å². The minimum Gasteiger partial charge on any atom is -0.381 e. The summed E-state index contributed by atoms with van der Waals surface area (Å²) < 4.78 is 5.50. The van der Waals surface area contributed by atoms with Gasteiger partial charge in [0.1, 0.15) is 15.8 Å². The van der Waals surface area contributed by atoms with E-state index in [1.807, 2.05) is 0 Å². The molecule has 18 heavy (non-hydrogen) atoms. The average Bonchev–Trinajstić information content (AvgIpc) is 2.66. The van der Waals surface area contributed by atoms with E-state index in [-0.39, 0.29) is 0 Å². The molecule has 0 saturated carbocycles. The summed E-state index contributed by atoms with van der Waals surface area (Å²) >= 11 is 8.01. The average molecular weight is 283 g/mol. The third kappa shape index (κ3) is 2.02. The molecule has 3 rings (SSSR count). The third-order valence-corrected chi connectivity index (χ3v) is 4.90. The molecule has 0 aromatic carbocycles. The van der Waals surface area contributed by atoms with Crippen molar-refractivity contribution in [1.29, 1.82) is 0 Å². The number of hydrogen-bond donors (Lipinski definition) is 0. The number of rotatable bonds is 1. The summed E-state index contributed by atoms with van der Waals surface area (Å²) in [6.07, 6.45) is 2.16. The van der Waals surface area contributed by atoms with Crippen molar-refractivity contribution in [2.75, 3.05) is 13.2 Å². The van der Waals surface area contributed by atoms with Crippen molar-refractivity contribution in [3.8, 4) is 0 Å². The van der Waals surface area contributed by atoms with Gasteiger partial charge in [0.05, 0.1) is 12.0 Å². The van der Waals surface area contributed by atoms with Crippen molar-refractivity contribution in [3.05, 3.63) is 21.4 Å². The summed E-state index contributed by atoms with van der Waals surface area (Å²) in [4.78, 5) is 11.4. The second kappa shape index (κ2) is 4.76. The fourth-order valence-corrected chi connectivity index (χ4v) is 3.75. The van der Waals surface area contributed by atoms with Gasteiger partial charge in [0.15, 0.2) is 0 Å². The lowest BCUT2D eigenvalue weighted by atomic mass is 10.0. The predicted molar refractivity (Wildman–Crippen MR) is 74.7 cm³/mol. The zero-order chi connectivity index (χ0) is 12.7. The Morgan fingerprint density at radius 3 is 2.89 bits per heavy atom. The van der Waals surface area contributed by atoms with Gasteiger partial charge in [-0.25, -0.2) is 9.97 Å². The highest BCUT2D eigenvalue weighted by atomic mass is 35.5. The first-order chi connectivity index (χ1) is 8.66. The number of halogens is 1. The molecular weight excluding hydrogens is 268 g/mol. The number of aromatic nitrogens is 2. The minimum absolute atomic E-state index is 0.295. The summed E-state index contributed by atoms with van der Waals surface area (Å²) in [6.45, 7) is 5.74. The summed E-state index contributed by atoms with van der Waals surface area (Å²) in [7, 11) is 0. The molecule has 0 spiro atoms. The first kappa shape index (κ1) is 12.3. The van der Waals surface area contributed by atoms with E-state index in [9.17, 15) is 0 Å². The molecule has 0 N–H and O–H groups in total. The third-order valence-electron chi connectivity index (χ3n) is 3.53. The van der Waals surface area contributed by atoms with Gasteiger partial charge in [0.2, 0.25) is 0 Å². The monoisotopic (exact) mass is 282 g/mol. The molecule has 1 unspecified atom stereocenters. The molecule has 3 heterocycles. The molecule has 1 atom stereocenters. The van der Waals surface area contributed by atoms with Crippen LogP contribution in [0, 0.1) is 13.8 Å². The molecule has 1 saturated heterocycles. The fraction of sp³-hybridized carbons (Fsp3) is 0.538.